The molecule has 2 aromatic carbocycles. The van der Waals surface area contributed by atoms with Crippen molar-refractivity contribution in [1.29, 1.82) is 0 Å². The molecule has 0 unspecified atom stereocenters. The van der Waals surface area contributed by atoms with Gasteiger partial charge in [-0.3, -0.25) is 9.59 Å². The average Bonchev–Trinajstić information content (AvgIpc) is 2.81. The molecule has 0 saturated carbocycles. The minimum atomic E-state index is -0.885. The molecule has 34 heavy (non-hydrogen) atoms. The maximum absolute atomic E-state index is 12.6. The predicted octanol–water partition coefficient (Wildman–Crippen LogP) is 3.35. The van der Waals surface area contributed by atoms with Crippen molar-refractivity contribution < 1.29 is 28.6 Å². The van der Waals surface area contributed by atoms with E-state index in [0.717, 1.165) is 11.1 Å². The third-order valence-corrected chi connectivity index (χ3v) is 5.61. The molecule has 8 nitrogen and oxygen atoms in total. The number of hydrogen-bond acceptors (Lipinski definition) is 6. The van der Waals surface area contributed by atoms with Crippen molar-refractivity contribution in [3.8, 4) is 17.2 Å². The summed E-state index contributed by atoms with van der Waals surface area (Å²) in [6.45, 7) is 3.10. The van der Waals surface area contributed by atoms with E-state index < -0.39 is 18.0 Å². The summed E-state index contributed by atoms with van der Waals surface area (Å²) in [5, 5.41) is 5.65. The van der Waals surface area contributed by atoms with E-state index in [2.05, 4.69) is 10.6 Å². The zero-order chi connectivity index (χ0) is 25.1. The first-order valence-corrected chi connectivity index (χ1v) is 11.2. The number of hydrogen-bond donors (Lipinski definition) is 2. The summed E-state index contributed by atoms with van der Waals surface area (Å²) in [4.78, 5) is 37.0. The molecule has 0 aliphatic carbocycles. The van der Waals surface area contributed by atoms with Gasteiger partial charge in [-0.15, -0.1) is 0 Å². The zero-order valence-electron chi connectivity index (χ0n) is 20.5. The third kappa shape index (κ3) is 7.50. The second kappa shape index (κ2) is 13.2. The molecule has 2 N–H and O–H groups in total. The van der Waals surface area contributed by atoms with E-state index in [9.17, 15) is 14.4 Å². The van der Waals surface area contributed by atoms with Crippen molar-refractivity contribution in [2.75, 3.05) is 27.9 Å². The van der Waals surface area contributed by atoms with Gasteiger partial charge in [-0.05, 0) is 56.4 Å². The fraction of sp³-hybridized carbons (Fsp3) is 0.423. The lowest BCUT2D eigenvalue weighted by molar-refractivity contribution is -0.131. The molecular formula is C26H34N2O6. The van der Waals surface area contributed by atoms with E-state index >= 15 is 0 Å². The van der Waals surface area contributed by atoms with Gasteiger partial charge in [-0.25, -0.2) is 4.79 Å². The highest BCUT2D eigenvalue weighted by Crippen LogP contribution is 2.38. The van der Waals surface area contributed by atoms with Gasteiger partial charge in [-0.2, -0.15) is 0 Å². The fourth-order valence-electron chi connectivity index (χ4n) is 3.96. The number of methoxy groups -OCH3 is 3. The van der Waals surface area contributed by atoms with E-state index in [1.165, 1.54) is 21.0 Å². The first-order valence-electron chi connectivity index (χ1n) is 11.2. The Morgan fingerprint density at radius 1 is 0.824 bits per heavy atom. The van der Waals surface area contributed by atoms with Gasteiger partial charge in [-0.1, -0.05) is 30.3 Å². The summed E-state index contributed by atoms with van der Waals surface area (Å²) in [5.74, 6) is 0.164. The zero-order valence-corrected chi connectivity index (χ0v) is 20.5. The molecule has 0 fully saturated rings. The second-order valence-electron chi connectivity index (χ2n) is 8.01. The molecule has 0 aliphatic heterocycles. The van der Waals surface area contributed by atoms with Gasteiger partial charge in [0.05, 0.1) is 27.2 Å². The molecule has 0 saturated heterocycles. The number of benzene rings is 2. The number of urea groups is 1. The van der Waals surface area contributed by atoms with Crippen LogP contribution in [0.5, 0.6) is 17.2 Å². The van der Waals surface area contributed by atoms with Gasteiger partial charge in [0.25, 0.3) is 0 Å². The predicted molar refractivity (Wildman–Crippen MR) is 130 cm³/mol. The van der Waals surface area contributed by atoms with E-state index in [1.807, 2.05) is 42.5 Å². The van der Waals surface area contributed by atoms with Crippen molar-refractivity contribution >= 4 is 17.6 Å². The summed E-state index contributed by atoms with van der Waals surface area (Å²) >= 11 is 0. The number of ketones is 2. The molecule has 2 amide bonds. The summed E-state index contributed by atoms with van der Waals surface area (Å²) in [6.07, 6.45) is 1.62. The molecule has 8 heteroatoms. The van der Waals surface area contributed by atoms with Gasteiger partial charge in [0.15, 0.2) is 11.5 Å². The van der Waals surface area contributed by atoms with Gasteiger partial charge in [0, 0.05) is 12.6 Å². The minimum absolute atomic E-state index is 0.261. The van der Waals surface area contributed by atoms with E-state index in [4.69, 9.17) is 14.2 Å². The number of Topliss-reactive ketones (excluding diaryl/α,β-unsaturated/α-hetero) is 2. The van der Waals surface area contributed by atoms with Crippen LogP contribution in [0.1, 0.15) is 31.4 Å². The third-order valence-electron chi connectivity index (χ3n) is 5.61. The molecule has 1 atom stereocenters. The van der Waals surface area contributed by atoms with Gasteiger partial charge < -0.3 is 24.8 Å². The van der Waals surface area contributed by atoms with E-state index in [1.54, 1.807) is 14.2 Å². The molecule has 184 valence electrons. The highest BCUT2D eigenvalue weighted by Gasteiger charge is 2.30. The lowest BCUT2D eigenvalue weighted by Crippen LogP contribution is -2.49. The Labute approximate surface area is 201 Å². The molecule has 2 rings (SSSR count). The molecule has 0 heterocycles. The Balaban J connectivity index is 2.03. The molecule has 0 aromatic heterocycles. The number of ether oxygens (including phenoxy) is 3. The van der Waals surface area contributed by atoms with E-state index in [0.29, 0.717) is 43.1 Å². The normalized spacial score (nSPS) is 11.5. The Kier molecular flexibility index (Phi) is 10.4. The van der Waals surface area contributed by atoms with Crippen molar-refractivity contribution in [2.45, 2.75) is 39.2 Å². The fourth-order valence-corrected chi connectivity index (χ4v) is 3.96. The SMILES string of the molecule is COc1cc(CCNC(=O)N[C@@H](CCc2ccccc2)C(C(C)=O)C(C)=O)cc(OC)c1OC. The Bertz CT molecular complexity index is 938. The summed E-state index contributed by atoms with van der Waals surface area (Å²) in [6, 6.07) is 12.4. The molecule has 0 spiro atoms. The van der Waals surface area contributed by atoms with Gasteiger partial charge >= 0.3 is 6.03 Å². The lowest BCUT2D eigenvalue weighted by Gasteiger charge is -2.25. The Morgan fingerprint density at radius 3 is 1.91 bits per heavy atom. The van der Waals surface area contributed by atoms with Crippen LogP contribution in [0.4, 0.5) is 4.79 Å². The van der Waals surface area contributed by atoms with Crippen molar-refractivity contribution in [1.82, 2.24) is 10.6 Å². The summed E-state index contributed by atoms with van der Waals surface area (Å²) in [5.41, 5.74) is 1.96. The molecular weight excluding hydrogens is 436 g/mol. The number of rotatable bonds is 13. The van der Waals surface area contributed by atoms with Crippen molar-refractivity contribution in [2.24, 2.45) is 5.92 Å². The number of nitrogens with one attached hydrogen (secondary N) is 2. The maximum atomic E-state index is 12.6. The van der Waals surface area contributed by atoms with Crippen LogP contribution in [-0.4, -0.2) is 51.5 Å². The molecule has 0 bridgehead atoms. The monoisotopic (exact) mass is 470 g/mol. The molecule has 0 radical (unpaired) electrons. The number of amides is 2. The van der Waals surface area contributed by atoms with Crippen molar-refractivity contribution in [3.05, 3.63) is 53.6 Å². The van der Waals surface area contributed by atoms with Crippen LogP contribution in [-0.2, 0) is 22.4 Å². The van der Waals surface area contributed by atoms with Crippen LogP contribution < -0.4 is 24.8 Å². The smallest absolute Gasteiger partial charge is 0.315 e. The standard InChI is InChI=1S/C26H34N2O6/c1-17(29)24(18(2)30)21(12-11-19-9-7-6-8-10-19)28-26(31)27-14-13-20-15-22(32-3)25(34-5)23(16-20)33-4/h6-10,15-16,21,24H,11-14H2,1-5H3,(H2,27,28,31)/t21-/m0/s1. The van der Waals surface area contributed by atoms with Gasteiger partial charge in [0.1, 0.15) is 11.6 Å². The highest BCUT2D eigenvalue weighted by molar-refractivity contribution is 6.01. The number of carbonyl (C=O) groups excluding carboxylic acids is 3. The van der Waals surface area contributed by atoms with Crippen LogP contribution in [0.25, 0.3) is 0 Å². The topological polar surface area (TPSA) is 103 Å². The lowest BCUT2D eigenvalue weighted by atomic mass is 9.88. The van der Waals surface area contributed by atoms with E-state index in [-0.39, 0.29) is 11.6 Å². The average molecular weight is 471 g/mol. The molecule has 2 aromatic rings. The van der Waals surface area contributed by atoms with Crippen LogP contribution in [0.2, 0.25) is 0 Å². The second-order valence-corrected chi connectivity index (χ2v) is 8.01. The number of aryl methyl sites for hydroxylation is 1. The largest absolute Gasteiger partial charge is 0.493 e. The molecule has 0 aliphatic rings. The first kappa shape index (κ1) is 26.7. The van der Waals surface area contributed by atoms with Crippen LogP contribution in [0.3, 0.4) is 0 Å². The summed E-state index contributed by atoms with van der Waals surface area (Å²) < 4.78 is 16.1. The quantitative estimate of drug-likeness (QED) is 0.435. The highest BCUT2D eigenvalue weighted by atomic mass is 16.5. The van der Waals surface area contributed by atoms with Crippen LogP contribution in [0, 0.1) is 5.92 Å². The van der Waals surface area contributed by atoms with Crippen LogP contribution >= 0.6 is 0 Å². The Morgan fingerprint density at radius 2 is 1.41 bits per heavy atom. The number of carbonyl (C=O) groups is 3. The minimum Gasteiger partial charge on any atom is -0.493 e. The van der Waals surface area contributed by atoms with Crippen molar-refractivity contribution in [3.63, 3.8) is 0 Å². The van der Waals surface area contributed by atoms with Gasteiger partial charge in [0.2, 0.25) is 5.75 Å². The maximum Gasteiger partial charge on any atom is 0.315 e. The Hall–Kier alpha value is -3.55. The first-order chi connectivity index (χ1) is 16.3. The summed E-state index contributed by atoms with van der Waals surface area (Å²) in [7, 11) is 4.63. The van der Waals surface area contributed by atoms with Crippen LogP contribution in [0.15, 0.2) is 42.5 Å².